The van der Waals surface area contributed by atoms with Crippen LogP contribution >= 0.6 is 11.8 Å². The molecule has 0 heterocycles. The van der Waals surface area contributed by atoms with Crippen LogP contribution < -0.4 is 5.32 Å². The number of carboxylic acids is 1. The molecule has 0 aliphatic heterocycles. The van der Waals surface area contributed by atoms with Crippen LogP contribution in [0.4, 0.5) is 0 Å². The first kappa shape index (κ1) is 19.5. The van der Waals surface area contributed by atoms with Crippen molar-refractivity contribution in [3.63, 3.8) is 0 Å². The molecule has 0 radical (unpaired) electrons. The monoisotopic (exact) mass is 316 g/mol. The number of hydrogen-bond acceptors (Lipinski definition) is 4. The Balaban J connectivity index is 4.11. The average molecular weight is 316 g/mol. The van der Waals surface area contributed by atoms with Crippen LogP contribution in [-0.2, 0) is 14.4 Å². The lowest BCUT2D eigenvalue weighted by molar-refractivity contribution is -0.141. The maximum Gasteiger partial charge on any atom is 0.326 e. The van der Waals surface area contributed by atoms with Crippen LogP contribution in [0.2, 0.25) is 0 Å². The zero-order valence-corrected chi connectivity index (χ0v) is 13.7. The summed E-state index contributed by atoms with van der Waals surface area (Å²) in [5, 5.41) is 11.3. The predicted octanol–water partition coefficient (Wildman–Crippen LogP) is 1.12. The zero-order chi connectivity index (χ0) is 16.4. The number of likely N-dealkylation sites (N-methyl/N-ethyl adjacent to an activating group) is 1. The van der Waals surface area contributed by atoms with Crippen LogP contribution in [0.3, 0.4) is 0 Å². The fourth-order valence-electron chi connectivity index (χ4n) is 1.66. The first-order valence-electron chi connectivity index (χ1n) is 6.77. The molecule has 0 aliphatic rings. The largest absolute Gasteiger partial charge is 0.480 e. The molecule has 1 unspecified atom stereocenters. The minimum Gasteiger partial charge on any atom is -0.480 e. The summed E-state index contributed by atoms with van der Waals surface area (Å²) >= 11 is 1.37. The van der Waals surface area contributed by atoms with Gasteiger partial charge in [-0.25, -0.2) is 4.79 Å². The van der Waals surface area contributed by atoms with E-state index in [1.807, 2.05) is 13.8 Å². The molecule has 7 heteroatoms. The number of carbonyl (C=O) groups is 3. The fourth-order valence-corrected chi connectivity index (χ4v) is 2.56. The second-order valence-corrected chi connectivity index (χ2v) is 5.90. The van der Waals surface area contributed by atoms with Gasteiger partial charge in [-0.05, 0) is 26.0 Å². The highest BCUT2D eigenvalue weighted by Gasteiger charge is 2.18. The third-order valence-electron chi connectivity index (χ3n) is 2.65. The lowest BCUT2D eigenvalue weighted by atomic mass is 10.2. The molecule has 0 bridgehead atoms. The van der Waals surface area contributed by atoms with E-state index >= 15 is 0 Å². The topological polar surface area (TPSA) is 86.7 Å². The van der Waals surface area contributed by atoms with Crippen molar-refractivity contribution < 1.29 is 19.5 Å². The molecule has 0 saturated carbocycles. The van der Waals surface area contributed by atoms with Gasteiger partial charge in [0.05, 0.1) is 5.75 Å². The van der Waals surface area contributed by atoms with E-state index in [0.717, 1.165) is 5.57 Å². The van der Waals surface area contributed by atoms with Crippen LogP contribution in [0.15, 0.2) is 12.2 Å². The molecular weight excluding hydrogens is 292 g/mol. The van der Waals surface area contributed by atoms with Crippen molar-refractivity contribution in [1.29, 1.82) is 0 Å². The number of carboxylic acid groups (broad SMARTS) is 1. The van der Waals surface area contributed by atoms with Crippen molar-refractivity contribution in [1.82, 2.24) is 10.2 Å². The molecule has 0 saturated heterocycles. The van der Waals surface area contributed by atoms with Crippen molar-refractivity contribution >= 4 is 29.5 Å². The third kappa shape index (κ3) is 9.12. The summed E-state index contributed by atoms with van der Waals surface area (Å²) in [5.74, 6) is -0.630. The van der Waals surface area contributed by atoms with Gasteiger partial charge in [-0.3, -0.25) is 9.59 Å². The number of carbonyl (C=O) groups excluding carboxylic acids is 2. The molecule has 0 rings (SSSR count). The second kappa shape index (κ2) is 10.3. The molecule has 1 atom stereocenters. The molecule has 0 aromatic rings. The Bertz CT molecular complexity index is 398. The molecular formula is C14H24N2O4S. The average Bonchev–Trinajstić information content (AvgIpc) is 2.38. The second-order valence-electron chi connectivity index (χ2n) is 4.80. The summed E-state index contributed by atoms with van der Waals surface area (Å²) in [4.78, 5) is 35.5. The van der Waals surface area contributed by atoms with E-state index in [1.54, 1.807) is 4.90 Å². The third-order valence-corrected chi connectivity index (χ3v) is 3.62. The minimum absolute atomic E-state index is 0.0110. The van der Waals surface area contributed by atoms with Crippen molar-refractivity contribution in [2.45, 2.75) is 33.2 Å². The summed E-state index contributed by atoms with van der Waals surface area (Å²) in [6.07, 6.45) is 0.291. The molecule has 0 spiro atoms. The van der Waals surface area contributed by atoms with Crippen molar-refractivity contribution in [2.24, 2.45) is 0 Å². The highest BCUT2D eigenvalue weighted by atomic mass is 32.2. The number of aliphatic carboxylic acids is 1. The summed E-state index contributed by atoms with van der Waals surface area (Å²) in [6, 6.07) is -0.900. The molecule has 0 fully saturated rings. The fraction of sp³-hybridized carbons (Fsp3) is 0.643. The number of nitrogens with zero attached hydrogens (tertiary/aromatic N) is 1. The van der Waals surface area contributed by atoms with E-state index in [1.165, 1.54) is 18.7 Å². The SMILES string of the molecule is C=C(C)CN(CC)C(=O)CSCCC(NC(C)=O)C(=O)O. The van der Waals surface area contributed by atoms with Crippen LogP contribution in [0, 0.1) is 0 Å². The van der Waals surface area contributed by atoms with Gasteiger partial charge in [0.25, 0.3) is 0 Å². The molecule has 21 heavy (non-hydrogen) atoms. The number of rotatable bonds is 10. The molecule has 120 valence electrons. The van der Waals surface area contributed by atoms with E-state index < -0.39 is 12.0 Å². The first-order valence-corrected chi connectivity index (χ1v) is 7.93. The van der Waals surface area contributed by atoms with E-state index in [4.69, 9.17) is 5.11 Å². The Hall–Kier alpha value is -1.50. The number of thioether (sulfide) groups is 1. The maximum atomic E-state index is 11.9. The molecule has 2 N–H and O–H groups in total. The molecule has 2 amide bonds. The van der Waals surface area contributed by atoms with Crippen LogP contribution in [0.25, 0.3) is 0 Å². The summed E-state index contributed by atoms with van der Waals surface area (Å²) in [7, 11) is 0. The lowest BCUT2D eigenvalue weighted by Gasteiger charge is -2.21. The normalized spacial score (nSPS) is 11.6. The zero-order valence-electron chi connectivity index (χ0n) is 12.8. The Labute approximate surface area is 130 Å². The Kier molecular flexibility index (Phi) is 9.53. The highest BCUT2D eigenvalue weighted by Crippen LogP contribution is 2.08. The van der Waals surface area contributed by atoms with Crippen molar-refractivity contribution in [2.75, 3.05) is 24.6 Å². The van der Waals surface area contributed by atoms with Gasteiger partial charge in [0, 0.05) is 20.0 Å². The predicted molar refractivity (Wildman–Crippen MR) is 84.3 cm³/mol. The highest BCUT2D eigenvalue weighted by molar-refractivity contribution is 7.99. The van der Waals surface area contributed by atoms with Gasteiger partial charge in [-0.15, -0.1) is 0 Å². The molecule has 6 nitrogen and oxygen atoms in total. The minimum atomic E-state index is -1.06. The number of nitrogens with one attached hydrogen (secondary N) is 1. The van der Waals surface area contributed by atoms with Gasteiger partial charge in [-0.2, -0.15) is 11.8 Å². The van der Waals surface area contributed by atoms with Gasteiger partial charge in [0.1, 0.15) is 6.04 Å². The molecule has 0 aliphatic carbocycles. The summed E-state index contributed by atoms with van der Waals surface area (Å²) in [5.41, 5.74) is 0.923. The number of amides is 2. The smallest absolute Gasteiger partial charge is 0.326 e. The van der Waals surface area contributed by atoms with Crippen LogP contribution in [0.1, 0.15) is 27.2 Å². The Morgan fingerprint density at radius 1 is 1.33 bits per heavy atom. The first-order chi connectivity index (χ1) is 9.77. The van der Waals surface area contributed by atoms with Crippen molar-refractivity contribution in [3.8, 4) is 0 Å². The lowest BCUT2D eigenvalue weighted by Crippen LogP contribution is -2.40. The standard InChI is InChI=1S/C14H24N2O4S/c1-5-16(8-10(2)3)13(18)9-21-7-6-12(14(19)20)15-11(4)17/h12H,2,5-9H2,1,3-4H3,(H,15,17)(H,19,20). The number of hydrogen-bond donors (Lipinski definition) is 2. The van der Waals surface area contributed by atoms with E-state index in [0.29, 0.717) is 31.0 Å². The van der Waals surface area contributed by atoms with Gasteiger partial charge >= 0.3 is 5.97 Å². The van der Waals surface area contributed by atoms with Crippen LogP contribution in [0.5, 0.6) is 0 Å². The molecule has 0 aromatic heterocycles. The maximum absolute atomic E-state index is 11.9. The van der Waals surface area contributed by atoms with Crippen molar-refractivity contribution in [3.05, 3.63) is 12.2 Å². The Morgan fingerprint density at radius 2 is 1.95 bits per heavy atom. The summed E-state index contributed by atoms with van der Waals surface area (Å²) in [6.45, 7) is 10.0. The van der Waals surface area contributed by atoms with E-state index in [9.17, 15) is 14.4 Å². The summed E-state index contributed by atoms with van der Waals surface area (Å²) < 4.78 is 0. The van der Waals surface area contributed by atoms with Gasteiger partial charge in [0.15, 0.2) is 0 Å². The molecule has 0 aromatic carbocycles. The van der Waals surface area contributed by atoms with E-state index in [2.05, 4.69) is 11.9 Å². The van der Waals surface area contributed by atoms with Gasteiger partial charge in [0.2, 0.25) is 11.8 Å². The van der Waals surface area contributed by atoms with Gasteiger partial charge in [-0.1, -0.05) is 12.2 Å². The Morgan fingerprint density at radius 3 is 2.38 bits per heavy atom. The van der Waals surface area contributed by atoms with E-state index in [-0.39, 0.29) is 11.8 Å². The van der Waals surface area contributed by atoms with Crippen LogP contribution in [-0.4, -0.2) is 58.4 Å². The van der Waals surface area contributed by atoms with Gasteiger partial charge < -0.3 is 15.3 Å². The quantitative estimate of drug-likeness (QED) is 0.466.